The maximum absolute atomic E-state index is 12.8. The van der Waals surface area contributed by atoms with Gasteiger partial charge in [-0.3, -0.25) is 4.79 Å². The molecule has 0 bridgehead atoms. The van der Waals surface area contributed by atoms with E-state index in [4.69, 9.17) is 4.74 Å². The van der Waals surface area contributed by atoms with Gasteiger partial charge in [-0.2, -0.15) is 0 Å². The minimum atomic E-state index is -0.324. The molecule has 0 unspecified atom stereocenters. The van der Waals surface area contributed by atoms with Crippen LogP contribution in [0.1, 0.15) is 6.42 Å². The molecule has 94 valence electrons. The van der Waals surface area contributed by atoms with Crippen molar-refractivity contribution in [3.8, 4) is 0 Å². The Morgan fingerprint density at radius 1 is 1.47 bits per heavy atom. The van der Waals surface area contributed by atoms with Crippen molar-refractivity contribution in [1.82, 2.24) is 5.32 Å². The Morgan fingerprint density at radius 3 is 3.00 bits per heavy atom. The lowest BCUT2D eigenvalue weighted by molar-refractivity contribution is -0.119. The number of halogens is 1. The van der Waals surface area contributed by atoms with Crippen LogP contribution in [0.25, 0.3) is 0 Å². The SMILES string of the molecule is COCCCNC(=O)CNc1cccc(F)c1. The van der Waals surface area contributed by atoms with Gasteiger partial charge >= 0.3 is 0 Å². The minimum absolute atomic E-state index is 0.120. The van der Waals surface area contributed by atoms with Crippen molar-refractivity contribution in [3.05, 3.63) is 30.1 Å². The predicted molar refractivity (Wildman–Crippen MR) is 64.4 cm³/mol. The maximum atomic E-state index is 12.8. The maximum Gasteiger partial charge on any atom is 0.239 e. The van der Waals surface area contributed by atoms with Gasteiger partial charge in [-0.05, 0) is 24.6 Å². The molecule has 0 aliphatic heterocycles. The number of hydrogen-bond donors (Lipinski definition) is 2. The summed E-state index contributed by atoms with van der Waals surface area (Å²) in [7, 11) is 1.62. The van der Waals surface area contributed by atoms with Gasteiger partial charge in [-0.15, -0.1) is 0 Å². The van der Waals surface area contributed by atoms with E-state index in [9.17, 15) is 9.18 Å². The van der Waals surface area contributed by atoms with E-state index in [1.165, 1.54) is 12.1 Å². The van der Waals surface area contributed by atoms with Crippen molar-refractivity contribution in [1.29, 1.82) is 0 Å². The predicted octanol–water partition coefficient (Wildman–Crippen LogP) is 1.39. The van der Waals surface area contributed by atoms with Crippen molar-refractivity contribution in [2.45, 2.75) is 6.42 Å². The molecule has 0 heterocycles. The van der Waals surface area contributed by atoms with Gasteiger partial charge in [0.2, 0.25) is 5.91 Å². The summed E-state index contributed by atoms with van der Waals surface area (Å²) in [5.41, 5.74) is 0.594. The lowest BCUT2D eigenvalue weighted by Gasteiger charge is -2.07. The molecule has 0 aliphatic rings. The Kier molecular flexibility index (Phi) is 6.03. The number of benzene rings is 1. The number of carbonyl (C=O) groups is 1. The third kappa shape index (κ3) is 5.87. The van der Waals surface area contributed by atoms with Crippen molar-refractivity contribution in [3.63, 3.8) is 0 Å². The van der Waals surface area contributed by atoms with Gasteiger partial charge in [0.15, 0.2) is 0 Å². The summed E-state index contributed by atoms with van der Waals surface area (Å²) in [5.74, 6) is -0.444. The van der Waals surface area contributed by atoms with E-state index >= 15 is 0 Å². The third-order valence-corrected chi connectivity index (χ3v) is 2.13. The van der Waals surface area contributed by atoms with Gasteiger partial charge in [0.05, 0.1) is 6.54 Å². The van der Waals surface area contributed by atoms with Crippen LogP contribution in [0, 0.1) is 5.82 Å². The number of carbonyl (C=O) groups excluding carboxylic acids is 1. The second kappa shape index (κ2) is 7.62. The number of amides is 1. The van der Waals surface area contributed by atoms with Gasteiger partial charge in [0, 0.05) is 25.9 Å². The lowest BCUT2D eigenvalue weighted by Crippen LogP contribution is -2.31. The molecule has 1 aromatic rings. The molecule has 0 saturated heterocycles. The summed E-state index contributed by atoms with van der Waals surface area (Å²) >= 11 is 0. The fourth-order valence-electron chi connectivity index (χ4n) is 1.29. The molecule has 0 radical (unpaired) electrons. The number of methoxy groups -OCH3 is 1. The van der Waals surface area contributed by atoms with Crippen molar-refractivity contribution in [2.75, 3.05) is 32.1 Å². The molecule has 4 nitrogen and oxygen atoms in total. The highest BCUT2D eigenvalue weighted by Gasteiger charge is 2.00. The number of ether oxygens (including phenoxy) is 1. The molecular weight excluding hydrogens is 223 g/mol. The average Bonchev–Trinajstić information content (AvgIpc) is 2.32. The zero-order valence-electron chi connectivity index (χ0n) is 9.83. The summed E-state index contributed by atoms with van der Waals surface area (Å²) in [6, 6.07) is 6.00. The number of rotatable bonds is 7. The molecule has 0 saturated carbocycles. The minimum Gasteiger partial charge on any atom is -0.385 e. The molecule has 0 atom stereocenters. The molecule has 0 aromatic heterocycles. The highest BCUT2D eigenvalue weighted by atomic mass is 19.1. The molecule has 0 aliphatic carbocycles. The van der Waals surface area contributed by atoms with Gasteiger partial charge in [-0.25, -0.2) is 4.39 Å². The second-order valence-corrected chi connectivity index (χ2v) is 3.56. The fourth-order valence-corrected chi connectivity index (χ4v) is 1.29. The average molecular weight is 240 g/mol. The van der Waals surface area contributed by atoms with Crippen molar-refractivity contribution >= 4 is 11.6 Å². The standard InChI is InChI=1S/C12H17FN2O2/c1-17-7-3-6-14-12(16)9-15-11-5-2-4-10(13)8-11/h2,4-5,8,15H,3,6-7,9H2,1H3,(H,14,16). The smallest absolute Gasteiger partial charge is 0.239 e. The molecule has 1 amide bonds. The van der Waals surface area contributed by atoms with E-state index in [0.717, 1.165) is 6.42 Å². The first kappa shape index (κ1) is 13.4. The van der Waals surface area contributed by atoms with Crippen LogP contribution in [0.3, 0.4) is 0 Å². The van der Waals surface area contributed by atoms with E-state index in [1.807, 2.05) is 0 Å². The van der Waals surface area contributed by atoms with Crippen LogP contribution in [0.15, 0.2) is 24.3 Å². The van der Waals surface area contributed by atoms with Crippen LogP contribution < -0.4 is 10.6 Å². The van der Waals surface area contributed by atoms with Gasteiger partial charge in [0.25, 0.3) is 0 Å². The van der Waals surface area contributed by atoms with Gasteiger partial charge in [-0.1, -0.05) is 6.07 Å². The van der Waals surface area contributed by atoms with Crippen LogP contribution >= 0.6 is 0 Å². The monoisotopic (exact) mass is 240 g/mol. The topological polar surface area (TPSA) is 50.4 Å². The second-order valence-electron chi connectivity index (χ2n) is 3.56. The summed E-state index contributed by atoms with van der Waals surface area (Å²) in [6.07, 6.45) is 0.780. The summed E-state index contributed by atoms with van der Waals surface area (Å²) in [5, 5.41) is 5.57. The molecule has 1 rings (SSSR count). The molecule has 0 spiro atoms. The Hall–Kier alpha value is -1.62. The molecule has 5 heteroatoms. The van der Waals surface area contributed by atoms with Gasteiger partial charge in [0.1, 0.15) is 5.82 Å². The van der Waals surface area contributed by atoms with Crippen LogP contribution in [0.4, 0.5) is 10.1 Å². The Labute approximate surface area is 100 Å². The van der Waals surface area contributed by atoms with E-state index in [-0.39, 0.29) is 18.3 Å². The van der Waals surface area contributed by atoms with Crippen LogP contribution in [0.5, 0.6) is 0 Å². The van der Waals surface area contributed by atoms with E-state index in [2.05, 4.69) is 10.6 Å². The number of anilines is 1. The summed E-state index contributed by atoms with van der Waals surface area (Å²) in [4.78, 5) is 11.4. The first-order valence-electron chi connectivity index (χ1n) is 5.47. The largest absolute Gasteiger partial charge is 0.385 e. The molecule has 1 aromatic carbocycles. The van der Waals surface area contributed by atoms with E-state index in [1.54, 1.807) is 19.2 Å². The first-order chi connectivity index (χ1) is 8.22. The van der Waals surface area contributed by atoms with E-state index < -0.39 is 0 Å². The Morgan fingerprint density at radius 2 is 2.29 bits per heavy atom. The number of hydrogen-bond acceptors (Lipinski definition) is 3. The molecular formula is C12H17FN2O2. The highest BCUT2D eigenvalue weighted by Crippen LogP contribution is 2.07. The normalized spacial score (nSPS) is 10.0. The Bertz CT molecular complexity index is 358. The van der Waals surface area contributed by atoms with Crippen molar-refractivity contribution < 1.29 is 13.9 Å². The summed E-state index contributed by atoms with van der Waals surface area (Å²) in [6.45, 7) is 1.34. The third-order valence-electron chi connectivity index (χ3n) is 2.13. The molecule has 2 N–H and O–H groups in total. The Balaban J connectivity index is 2.19. The van der Waals surface area contributed by atoms with Crippen molar-refractivity contribution in [2.24, 2.45) is 0 Å². The van der Waals surface area contributed by atoms with Crippen LogP contribution in [-0.2, 0) is 9.53 Å². The zero-order valence-corrected chi connectivity index (χ0v) is 9.83. The lowest BCUT2D eigenvalue weighted by atomic mass is 10.3. The van der Waals surface area contributed by atoms with Gasteiger partial charge < -0.3 is 15.4 Å². The molecule has 17 heavy (non-hydrogen) atoms. The van der Waals surface area contributed by atoms with E-state index in [0.29, 0.717) is 18.8 Å². The molecule has 0 fully saturated rings. The first-order valence-corrected chi connectivity index (χ1v) is 5.47. The highest BCUT2D eigenvalue weighted by molar-refractivity contribution is 5.80. The number of nitrogens with one attached hydrogen (secondary N) is 2. The van der Waals surface area contributed by atoms with Crippen LogP contribution in [-0.4, -0.2) is 32.7 Å². The van der Waals surface area contributed by atoms with Crippen LogP contribution in [0.2, 0.25) is 0 Å². The fraction of sp³-hybridized carbons (Fsp3) is 0.417. The zero-order chi connectivity index (χ0) is 12.5. The quantitative estimate of drug-likeness (QED) is 0.708. The summed E-state index contributed by atoms with van der Waals surface area (Å²) < 4.78 is 17.7.